The lowest BCUT2D eigenvalue weighted by Gasteiger charge is -2.13. The zero-order valence-corrected chi connectivity index (χ0v) is 8.84. The Labute approximate surface area is 92.1 Å². The summed E-state index contributed by atoms with van der Waals surface area (Å²) < 4.78 is 37.7. The van der Waals surface area contributed by atoms with Crippen LogP contribution in [0.3, 0.4) is 0 Å². The first-order valence-corrected chi connectivity index (χ1v) is 4.58. The number of hydrogen-bond acceptors (Lipinski definition) is 2. The van der Waals surface area contributed by atoms with Crippen molar-refractivity contribution in [2.24, 2.45) is 4.99 Å². The number of aryl methyl sites for hydroxylation is 1. The summed E-state index contributed by atoms with van der Waals surface area (Å²) in [4.78, 5) is 3.91. The lowest BCUT2D eigenvalue weighted by molar-refractivity contribution is -0.136. The van der Waals surface area contributed by atoms with Crippen LogP contribution in [0.25, 0.3) is 0 Å². The van der Waals surface area contributed by atoms with Gasteiger partial charge in [-0.1, -0.05) is 0 Å². The van der Waals surface area contributed by atoms with E-state index in [2.05, 4.69) is 4.99 Å². The SMILES string of the molecule is CC=Nc1cc([B]O)c(C(F)(F)F)cc1C. The maximum Gasteiger partial charge on any atom is 0.415 e. The van der Waals surface area contributed by atoms with Crippen molar-refractivity contribution in [3.63, 3.8) is 0 Å². The quantitative estimate of drug-likeness (QED) is 0.609. The number of halogens is 3. The van der Waals surface area contributed by atoms with Crippen LogP contribution >= 0.6 is 0 Å². The summed E-state index contributed by atoms with van der Waals surface area (Å²) in [6, 6.07) is 2.18. The normalized spacial score (nSPS) is 12.1. The van der Waals surface area contributed by atoms with E-state index in [1.807, 2.05) is 0 Å². The monoisotopic (exact) mass is 228 g/mol. The molecule has 1 rings (SSSR count). The predicted molar refractivity (Wildman–Crippen MR) is 57.6 cm³/mol. The Kier molecular flexibility index (Phi) is 3.75. The Bertz CT molecular complexity index is 415. The maximum absolute atomic E-state index is 12.6. The lowest BCUT2D eigenvalue weighted by Crippen LogP contribution is -2.25. The summed E-state index contributed by atoms with van der Waals surface area (Å²) in [6.07, 6.45) is -3.00. The zero-order valence-electron chi connectivity index (χ0n) is 8.84. The van der Waals surface area contributed by atoms with Gasteiger partial charge >= 0.3 is 13.7 Å². The third-order valence-electron chi connectivity index (χ3n) is 2.08. The van der Waals surface area contributed by atoms with Gasteiger partial charge in [0.2, 0.25) is 0 Å². The van der Waals surface area contributed by atoms with E-state index in [1.54, 1.807) is 13.8 Å². The molecule has 0 aliphatic rings. The molecule has 0 fully saturated rings. The number of rotatable bonds is 2. The molecule has 0 aromatic heterocycles. The molecule has 0 aliphatic heterocycles. The van der Waals surface area contributed by atoms with Crippen LogP contribution in [0, 0.1) is 6.92 Å². The van der Waals surface area contributed by atoms with Crippen molar-refractivity contribution in [1.82, 2.24) is 0 Å². The summed E-state index contributed by atoms with van der Waals surface area (Å²) in [7, 11) is 0.441. The first kappa shape index (κ1) is 12.8. The molecule has 2 nitrogen and oxygen atoms in total. The fourth-order valence-electron chi connectivity index (χ4n) is 1.34. The number of hydrogen-bond donors (Lipinski definition) is 1. The molecule has 1 aromatic rings. The van der Waals surface area contributed by atoms with Gasteiger partial charge in [-0.3, -0.25) is 4.99 Å². The van der Waals surface area contributed by atoms with Gasteiger partial charge in [0.15, 0.2) is 0 Å². The molecule has 0 unspecified atom stereocenters. The van der Waals surface area contributed by atoms with Crippen LogP contribution in [0.5, 0.6) is 0 Å². The molecule has 0 heterocycles. The fraction of sp³-hybridized carbons (Fsp3) is 0.300. The number of benzene rings is 1. The number of aliphatic imine (C=N–C) groups is 1. The molecule has 0 aliphatic carbocycles. The van der Waals surface area contributed by atoms with Gasteiger partial charge in [-0.2, -0.15) is 13.2 Å². The number of nitrogens with zero attached hydrogens (tertiary/aromatic N) is 1. The highest BCUT2D eigenvalue weighted by Crippen LogP contribution is 2.30. The van der Waals surface area contributed by atoms with E-state index in [0.29, 0.717) is 18.7 Å². The highest BCUT2D eigenvalue weighted by molar-refractivity contribution is 6.46. The lowest BCUT2D eigenvalue weighted by atomic mass is 9.82. The Morgan fingerprint density at radius 3 is 2.44 bits per heavy atom. The first-order chi connectivity index (χ1) is 7.40. The molecule has 1 N–H and O–H groups in total. The van der Waals surface area contributed by atoms with Crippen LogP contribution in [0.1, 0.15) is 18.1 Å². The van der Waals surface area contributed by atoms with Crippen molar-refractivity contribution in [1.29, 1.82) is 0 Å². The Hall–Kier alpha value is -1.30. The van der Waals surface area contributed by atoms with Gasteiger partial charge in [0.25, 0.3) is 0 Å². The minimum absolute atomic E-state index is 0.279. The third kappa shape index (κ3) is 2.63. The van der Waals surface area contributed by atoms with Crippen molar-refractivity contribution >= 4 is 24.8 Å². The summed E-state index contributed by atoms with van der Waals surface area (Å²) in [5.41, 5.74) is -0.312. The Morgan fingerprint density at radius 1 is 1.38 bits per heavy atom. The fourth-order valence-corrected chi connectivity index (χ4v) is 1.34. The van der Waals surface area contributed by atoms with E-state index < -0.39 is 11.7 Å². The molecule has 0 amide bonds. The van der Waals surface area contributed by atoms with Crippen molar-refractivity contribution in [2.75, 3.05) is 0 Å². The maximum atomic E-state index is 12.6. The Balaban J connectivity index is 3.38. The molecule has 0 spiro atoms. The molecule has 85 valence electrons. The van der Waals surface area contributed by atoms with E-state index in [1.165, 1.54) is 12.3 Å². The second kappa shape index (κ2) is 4.70. The topological polar surface area (TPSA) is 32.6 Å². The third-order valence-corrected chi connectivity index (χ3v) is 2.08. The van der Waals surface area contributed by atoms with Gasteiger partial charge in [-0.05, 0) is 37.0 Å². The van der Waals surface area contributed by atoms with Gasteiger partial charge in [-0.25, -0.2) is 0 Å². The highest BCUT2D eigenvalue weighted by Gasteiger charge is 2.33. The van der Waals surface area contributed by atoms with Crippen LogP contribution in [0.4, 0.5) is 18.9 Å². The smallest absolute Gasteiger partial charge is 0.415 e. The van der Waals surface area contributed by atoms with E-state index in [0.717, 1.165) is 6.07 Å². The van der Waals surface area contributed by atoms with Gasteiger partial charge in [0.1, 0.15) is 0 Å². The summed E-state index contributed by atoms with van der Waals surface area (Å²) in [5.74, 6) is 0. The summed E-state index contributed by atoms with van der Waals surface area (Å²) >= 11 is 0. The molecule has 16 heavy (non-hydrogen) atoms. The molecule has 0 atom stereocenters. The predicted octanol–water partition coefficient (Wildman–Crippen LogP) is 1.97. The van der Waals surface area contributed by atoms with Crippen molar-refractivity contribution in [3.05, 3.63) is 23.3 Å². The van der Waals surface area contributed by atoms with Crippen molar-refractivity contribution in [3.8, 4) is 0 Å². The van der Waals surface area contributed by atoms with Gasteiger partial charge < -0.3 is 5.02 Å². The van der Waals surface area contributed by atoms with Gasteiger partial charge in [0.05, 0.1) is 11.3 Å². The first-order valence-electron chi connectivity index (χ1n) is 4.58. The van der Waals surface area contributed by atoms with Crippen LogP contribution in [0.15, 0.2) is 17.1 Å². The largest absolute Gasteiger partial charge is 0.450 e. The molecule has 1 aromatic carbocycles. The van der Waals surface area contributed by atoms with Crippen molar-refractivity contribution in [2.45, 2.75) is 20.0 Å². The van der Waals surface area contributed by atoms with Gasteiger partial charge in [-0.15, -0.1) is 0 Å². The summed E-state index contributed by atoms with van der Waals surface area (Å²) in [6.45, 7) is 3.21. The van der Waals surface area contributed by atoms with E-state index in [9.17, 15) is 13.2 Å². The Morgan fingerprint density at radius 2 is 2.00 bits per heavy atom. The molecule has 0 saturated heterocycles. The average molecular weight is 228 g/mol. The average Bonchev–Trinajstić information content (AvgIpc) is 2.19. The van der Waals surface area contributed by atoms with Crippen LogP contribution < -0.4 is 5.46 Å². The highest BCUT2D eigenvalue weighted by atomic mass is 19.4. The van der Waals surface area contributed by atoms with E-state index in [-0.39, 0.29) is 5.46 Å². The zero-order chi connectivity index (χ0) is 12.3. The van der Waals surface area contributed by atoms with Crippen LogP contribution in [-0.2, 0) is 6.18 Å². The standard InChI is InChI=1S/C10H10BF3NO/c1-3-15-9-5-8(11-16)7(4-6(9)2)10(12,13)14/h3-5,16H,1-2H3. The van der Waals surface area contributed by atoms with Gasteiger partial charge in [0, 0.05) is 6.21 Å². The molecule has 0 saturated carbocycles. The molecule has 0 bridgehead atoms. The van der Waals surface area contributed by atoms with Crippen LogP contribution in [-0.4, -0.2) is 18.7 Å². The second-order valence-corrected chi connectivity index (χ2v) is 3.24. The second-order valence-electron chi connectivity index (χ2n) is 3.24. The summed E-state index contributed by atoms with van der Waals surface area (Å²) in [5, 5.41) is 8.79. The van der Waals surface area contributed by atoms with E-state index >= 15 is 0 Å². The molecular formula is C10H10BF3NO. The minimum Gasteiger partial charge on any atom is -0.450 e. The molecular weight excluding hydrogens is 218 g/mol. The molecule has 6 heteroatoms. The van der Waals surface area contributed by atoms with E-state index in [4.69, 9.17) is 5.02 Å². The van der Waals surface area contributed by atoms with Crippen molar-refractivity contribution < 1.29 is 18.2 Å². The molecule has 1 radical (unpaired) electrons. The number of alkyl halides is 3. The minimum atomic E-state index is -4.48. The van der Waals surface area contributed by atoms with Crippen LogP contribution in [0.2, 0.25) is 0 Å².